The lowest BCUT2D eigenvalue weighted by atomic mass is 10.3. The van der Waals surface area contributed by atoms with Crippen LogP contribution in [0.4, 0.5) is 5.69 Å². The van der Waals surface area contributed by atoms with Crippen LogP contribution < -0.4 is 21.3 Å². The van der Waals surface area contributed by atoms with Crippen molar-refractivity contribution < 1.29 is 9.53 Å². The lowest BCUT2D eigenvalue weighted by Crippen LogP contribution is -2.30. The summed E-state index contributed by atoms with van der Waals surface area (Å²) in [7, 11) is 0. The van der Waals surface area contributed by atoms with E-state index in [2.05, 4.69) is 10.3 Å². The van der Waals surface area contributed by atoms with E-state index in [4.69, 9.17) is 4.74 Å². The summed E-state index contributed by atoms with van der Waals surface area (Å²) in [6.45, 7) is 1.28. The first-order chi connectivity index (χ1) is 9.56. The van der Waals surface area contributed by atoms with Crippen molar-refractivity contribution in [3.63, 3.8) is 0 Å². The second-order valence-corrected chi connectivity index (χ2v) is 4.06. The molecule has 2 aromatic rings. The summed E-state index contributed by atoms with van der Waals surface area (Å²) in [5.41, 5.74) is -0.983. The molecular weight excluding hydrogens is 262 g/mol. The average Bonchev–Trinajstić information content (AvgIpc) is 2.42. The monoisotopic (exact) mass is 275 g/mol. The van der Waals surface area contributed by atoms with Crippen LogP contribution >= 0.6 is 0 Å². The minimum atomic E-state index is -0.653. The number of carbonyl (C=O) groups is 1. The smallest absolute Gasteiger partial charge is 0.326 e. The average molecular weight is 275 g/mol. The predicted octanol–water partition coefficient (Wildman–Crippen LogP) is 0.389. The normalized spacial score (nSPS) is 10.1. The number of aromatic amines is 2. The Morgan fingerprint density at radius 2 is 1.90 bits per heavy atom. The van der Waals surface area contributed by atoms with Crippen LogP contribution in [0.2, 0.25) is 0 Å². The van der Waals surface area contributed by atoms with Gasteiger partial charge in [-0.15, -0.1) is 0 Å². The number of H-pyrrole nitrogens is 2. The van der Waals surface area contributed by atoms with E-state index in [9.17, 15) is 14.4 Å². The number of nitrogens with one attached hydrogen (secondary N) is 3. The Hall–Kier alpha value is -2.83. The molecule has 0 aliphatic rings. The molecule has 0 saturated heterocycles. The highest BCUT2D eigenvalue weighted by molar-refractivity contribution is 5.92. The minimum absolute atomic E-state index is 0.00580. The molecule has 1 heterocycles. The predicted molar refractivity (Wildman–Crippen MR) is 73.0 cm³/mol. The van der Waals surface area contributed by atoms with Crippen LogP contribution in [0.5, 0.6) is 5.75 Å². The molecule has 1 amide bonds. The first-order valence-electron chi connectivity index (χ1n) is 5.87. The van der Waals surface area contributed by atoms with Gasteiger partial charge in [-0.25, -0.2) is 4.79 Å². The first-order valence-corrected chi connectivity index (χ1v) is 5.87. The van der Waals surface area contributed by atoms with Gasteiger partial charge in [-0.2, -0.15) is 0 Å². The summed E-state index contributed by atoms with van der Waals surface area (Å²) in [5.74, 6) is 0.0595. The molecule has 0 fully saturated rings. The molecular formula is C13H13N3O4. The summed E-state index contributed by atoms with van der Waals surface area (Å²) in [5, 5.41) is 2.40. The van der Waals surface area contributed by atoms with E-state index in [1.54, 1.807) is 24.3 Å². The van der Waals surface area contributed by atoms with E-state index < -0.39 is 17.2 Å². The standard InChI is InChI=1S/C13H13N3O4/c1-8-11(12(18)16-13(19)14-8)15-10(17)7-20-9-5-3-2-4-6-9/h2-6H,7H2,1H3,(H,15,17)(H2,14,16,18,19). The number of hydrogen-bond acceptors (Lipinski definition) is 4. The van der Waals surface area contributed by atoms with Gasteiger partial charge in [0.1, 0.15) is 11.4 Å². The number of para-hydroxylation sites is 1. The zero-order valence-corrected chi connectivity index (χ0v) is 10.7. The minimum Gasteiger partial charge on any atom is -0.484 e. The van der Waals surface area contributed by atoms with E-state index >= 15 is 0 Å². The molecule has 20 heavy (non-hydrogen) atoms. The third-order valence-electron chi connectivity index (χ3n) is 2.51. The van der Waals surface area contributed by atoms with Crippen molar-refractivity contribution >= 4 is 11.6 Å². The molecule has 0 aliphatic heterocycles. The third kappa shape index (κ3) is 3.35. The fourth-order valence-corrected chi connectivity index (χ4v) is 1.59. The zero-order chi connectivity index (χ0) is 14.5. The Labute approximate surface area is 113 Å². The van der Waals surface area contributed by atoms with Gasteiger partial charge in [-0.3, -0.25) is 14.6 Å². The summed E-state index contributed by atoms with van der Waals surface area (Å²) in [6.07, 6.45) is 0. The van der Waals surface area contributed by atoms with E-state index in [0.29, 0.717) is 5.75 Å². The molecule has 0 aliphatic carbocycles. The lowest BCUT2D eigenvalue weighted by molar-refractivity contribution is -0.118. The van der Waals surface area contributed by atoms with E-state index in [1.807, 2.05) is 11.1 Å². The van der Waals surface area contributed by atoms with Crippen molar-refractivity contribution in [2.24, 2.45) is 0 Å². The van der Waals surface area contributed by atoms with Crippen LogP contribution in [0.1, 0.15) is 5.69 Å². The Kier molecular flexibility index (Phi) is 3.99. The molecule has 2 rings (SSSR count). The SMILES string of the molecule is Cc1[nH]c(=O)[nH]c(=O)c1NC(=O)COc1ccccc1. The summed E-state index contributed by atoms with van der Waals surface area (Å²) in [6, 6.07) is 8.82. The Balaban J connectivity index is 2.02. The Morgan fingerprint density at radius 1 is 1.20 bits per heavy atom. The number of benzene rings is 1. The van der Waals surface area contributed by atoms with Crippen LogP contribution in [-0.2, 0) is 4.79 Å². The van der Waals surface area contributed by atoms with E-state index in [1.165, 1.54) is 6.92 Å². The van der Waals surface area contributed by atoms with Gasteiger partial charge in [0.2, 0.25) is 0 Å². The van der Waals surface area contributed by atoms with Gasteiger partial charge in [-0.05, 0) is 19.1 Å². The van der Waals surface area contributed by atoms with Crippen molar-refractivity contribution in [1.29, 1.82) is 0 Å². The number of ether oxygens (including phenoxy) is 1. The number of aromatic nitrogens is 2. The van der Waals surface area contributed by atoms with Crippen LogP contribution in [0, 0.1) is 6.92 Å². The summed E-state index contributed by atoms with van der Waals surface area (Å²) in [4.78, 5) is 38.7. The Morgan fingerprint density at radius 3 is 2.55 bits per heavy atom. The number of carbonyl (C=O) groups excluding carboxylic acids is 1. The lowest BCUT2D eigenvalue weighted by Gasteiger charge is -2.08. The molecule has 1 aromatic carbocycles. The largest absolute Gasteiger partial charge is 0.484 e. The van der Waals surface area contributed by atoms with Gasteiger partial charge in [0.05, 0.1) is 0 Å². The molecule has 7 heteroatoms. The number of rotatable bonds is 4. The molecule has 3 N–H and O–H groups in total. The Bertz CT molecular complexity index is 718. The second-order valence-electron chi connectivity index (χ2n) is 4.06. The van der Waals surface area contributed by atoms with Gasteiger partial charge >= 0.3 is 5.69 Å². The van der Waals surface area contributed by atoms with Crippen molar-refractivity contribution in [1.82, 2.24) is 9.97 Å². The quantitative estimate of drug-likeness (QED) is 0.750. The number of aryl methyl sites for hydroxylation is 1. The number of anilines is 1. The molecule has 104 valence electrons. The van der Waals surface area contributed by atoms with E-state index in [0.717, 1.165) is 0 Å². The zero-order valence-electron chi connectivity index (χ0n) is 10.7. The van der Waals surface area contributed by atoms with Crippen molar-refractivity contribution in [2.45, 2.75) is 6.92 Å². The van der Waals surface area contributed by atoms with Crippen LogP contribution in [0.15, 0.2) is 39.9 Å². The summed E-state index contributed by atoms with van der Waals surface area (Å²) >= 11 is 0. The fraction of sp³-hybridized carbons (Fsp3) is 0.154. The van der Waals surface area contributed by atoms with Crippen LogP contribution in [-0.4, -0.2) is 22.5 Å². The van der Waals surface area contributed by atoms with E-state index in [-0.39, 0.29) is 18.0 Å². The highest BCUT2D eigenvalue weighted by Gasteiger charge is 2.10. The molecule has 7 nitrogen and oxygen atoms in total. The fourth-order valence-electron chi connectivity index (χ4n) is 1.59. The maximum absolute atomic E-state index is 11.7. The highest BCUT2D eigenvalue weighted by Crippen LogP contribution is 2.08. The molecule has 0 atom stereocenters. The van der Waals surface area contributed by atoms with Crippen LogP contribution in [0.25, 0.3) is 0 Å². The van der Waals surface area contributed by atoms with Gasteiger partial charge in [0, 0.05) is 5.69 Å². The number of hydrogen-bond donors (Lipinski definition) is 3. The molecule has 0 radical (unpaired) electrons. The second kappa shape index (κ2) is 5.87. The van der Waals surface area contributed by atoms with Crippen LogP contribution in [0.3, 0.4) is 0 Å². The molecule has 0 unspecified atom stereocenters. The van der Waals surface area contributed by atoms with Gasteiger partial charge in [0.25, 0.3) is 11.5 Å². The number of amides is 1. The van der Waals surface area contributed by atoms with Gasteiger partial charge < -0.3 is 15.0 Å². The maximum Gasteiger partial charge on any atom is 0.326 e. The first kappa shape index (κ1) is 13.6. The maximum atomic E-state index is 11.7. The van der Waals surface area contributed by atoms with Crippen molar-refractivity contribution in [3.8, 4) is 5.75 Å². The molecule has 0 saturated carbocycles. The highest BCUT2D eigenvalue weighted by atomic mass is 16.5. The van der Waals surface area contributed by atoms with Crippen molar-refractivity contribution in [3.05, 3.63) is 56.9 Å². The molecule has 0 spiro atoms. The molecule has 0 bridgehead atoms. The molecule has 1 aromatic heterocycles. The summed E-state index contributed by atoms with van der Waals surface area (Å²) < 4.78 is 5.25. The topological polar surface area (TPSA) is 104 Å². The van der Waals surface area contributed by atoms with Gasteiger partial charge in [-0.1, -0.05) is 18.2 Å². The van der Waals surface area contributed by atoms with Gasteiger partial charge in [0.15, 0.2) is 6.61 Å². The van der Waals surface area contributed by atoms with Crippen molar-refractivity contribution in [2.75, 3.05) is 11.9 Å². The third-order valence-corrected chi connectivity index (χ3v) is 2.51.